The van der Waals surface area contributed by atoms with Crippen LogP contribution < -0.4 is 5.32 Å². The van der Waals surface area contributed by atoms with Crippen LogP contribution in [0.4, 0.5) is 13.2 Å². The third-order valence-corrected chi connectivity index (χ3v) is 4.00. The summed E-state index contributed by atoms with van der Waals surface area (Å²) in [6, 6.07) is 5.72. The van der Waals surface area contributed by atoms with Gasteiger partial charge in [0.1, 0.15) is 0 Å². The van der Waals surface area contributed by atoms with Crippen molar-refractivity contribution in [3.8, 4) is 0 Å². The highest BCUT2D eigenvalue weighted by Crippen LogP contribution is 2.31. The summed E-state index contributed by atoms with van der Waals surface area (Å²) in [4.78, 5) is 0. The molecule has 0 aliphatic rings. The fraction of sp³-hybridized carbons (Fsp3) is 0.647. The predicted octanol–water partition coefficient (Wildman–Crippen LogP) is 5.57. The van der Waals surface area contributed by atoms with Crippen molar-refractivity contribution in [1.82, 2.24) is 5.32 Å². The molecular formula is C17H26F3N. The molecule has 0 saturated carbocycles. The Kier molecular flexibility index (Phi) is 7.23. The molecule has 4 heteroatoms. The van der Waals surface area contributed by atoms with Gasteiger partial charge in [0, 0.05) is 6.04 Å². The predicted molar refractivity (Wildman–Crippen MR) is 81.2 cm³/mol. The number of benzene rings is 1. The van der Waals surface area contributed by atoms with E-state index in [-0.39, 0.29) is 6.04 Å². The molecule has 0 heterocycles. The van der Waals surface area contributed by atoms with Gasteiger partial charge in [-0.05, 0) is 43.0 Å². The van der Waals surface area contributed by atoms with Crippen molar-refractivity contribution in [2.45, 2.75) is 58.7 Å². The minimum Gasteiger partial charge on any atom is -0.310 e. The maximum absolute atomic E-state index is 12.6. The third-order valence-electron chi connectivity index (χ3n) is 4.00. The van der Waals surface area contributed by atoms with E-state index in [0.717, 1.165) is 37.8 Å². The summed E-state index contributed by atoms with van der Waals surface area (Å²) in [5.41, 5.74) is 0.367. The van der Waals surface area contributed by atoms with Crippen molar-refractivity contribution in [3.63, 3.8) is 0 Å². The Morgan fingerprint density at radius 2 is 1.57 bits per heavy atom. The van der Waals surface area contributed by atoms with E-state index in [4.69, 9.17) is 0 Å². The lowest BCUT2D eigenvalue weighted by Crippen LogP contribution is -2.24. The normalized spacial score (nSPS) is 13.7. The van der Waals surface area contributed by atoms with Crippen LogP contribution in [0.3, 0.4) is 0 Å². The zero-order chi connectivity index (χ0) is 15.9. The van der Waals surface area contributed by atoms with Crippen LogP contribution in [0.1, 0.15) is 63.6 Å². The van der Waals surface area contributed by atoms with Crippen LogP contribution >= 0.6 is 0 Å². The number of hydrogen-bond acceptors (Lipinski definition) is 1. The molecule has 21 heavy (non-hydrogen) atoms. The van der Waals surface area contributed by atoms with Crippen molar-refractivity contribution >= 4 is 0 Å². The van der Waals surface area contributed by atoms with Crippen molar-refractivity contribution in [2.24, 2.45) is 5.92 Å². The molecule has 0 fully saturated rings. The molecule has 120 valence electrons. The van der Waals surface area contributed by atoms with Crippen LogP contribution in [0, 0.1) is 5.92 Å². The summed E-state index contributed by atoms with van der Waals surface area (Å²) in [7, 11) is 0. The van der Waals surface area contributed by atoms with E-state index in [1.165, 1.54) is 12.1 Å². The second kappa shape index (κ2) is 8.42. The van der Waals surface area contributed by atoms with Crippen molar-refractivity contribution in [1.29, 1.82) is 0 Å². The molecule has 0 bridgehead atoms. The smallest absolute Gasteiger partial charge is 0.310 e. The molecule has 1 unspecified atom stereocenters. The quantitative estimate of drug-likeness (QED) is 0.661. The Morgan fingerprint density at radius 1 is 1.00 bits per heavy atom. The SMILES string of the molecule is CCCNC(CC(CC)CC)c1ccc(C(F)(F)F)cc1. The van der Waals surface area contributed by atoms with Gasteiger partial charge in [-0.3, -0.25) is 0 Å². The van der Waals surface area contributed by atoms with E-state index in [1.54, 1.807) is 12.1 Å². The van der Waals surface area contributed by atoms with Gasteiger partial charge < -0.3 is 5.32 Å². The highest BCUT2D eigenvalue weighted by Gasteiger charge is 2.30. The van der Waals surface area contributed by atoms with Gasteiger partial charge in [0.05, 0.1) is 5.56 Å². The minimum absolute atomic E-state index is 0.136. The number of nitrogens with one attached hydrogen (secondary N) is 1. The lowest BCUT2D eigenvalue weighted by atomic mass is 9.90. The number of halogens is 3. The number of rotatable bonds is 8. The molecular weight excluding hydrogens is 275 g/mol. The third kappa shape index (κ3) is 5.70. The summed E-state index contributed by atoms with van der Waals surface area (Å²) < 4.78 is 37.9. The summed E-state index contributed by atoms with van der Waals surface area (Å²) in [6.07, 6.45) is -0.0818. The van der Waals surface area contributed by atoms with Gasteiger partial charge in [0.2, 0.25) is 0 Å². The van der Waals surface area contributed by atoms with Gasteiger partial charge in [-0.2, -0.15) is 13.2 Å². The van der Waals surface area contributed by atoms with Gasteiger partial charge >= 0.3 is 6.18 Å². The van der Waals surface area contributed by atoms with Crippen molar-refractivity contribution in [2.75, 3.05) is 6.54 Å². The molecule has 0 aromatic heterocycles. The van der Waals surface area contributed by atoms with Gasteiger partial charge in [-0.25, -0.2) is 0 Å². The second-order valence-corrected chi connectivity index (χ2v) is 5.54. The summed E-state index contributed by atoms with van der Waals surface area (Å²) in [5, 5.41) is 3.46. The van der Waals surface area contributed by atoms with E-state index in [2.05, 4.69) is 26.1 Å². The molecule has 0 radical (unpaired) electrons. The fourth-order valence-electron chi connectivity index (χ4n) is 2.52. The average molecular weight is 301 g/mol. The van der Waals surface area contributed by atoms with E-state index in [9.17, 15) is 13.2 Å². The molecule has 0 spiro atoms. The van der Waals surface area contributed by atoms with E-state index < -0.39 is 11.7 Å². The Hall–Kier alpha value is -1.03. The molecule has 1 N–H and O–H groups in total. The van der Waals surface area contributed by atoms with Gasteiger partial charge in [0.15, 0.2) is 0 Å². The molecule has 0 saturated heterocycles. The minimum atomic E-state index is -4.26. The fourth-order valence-corrected chi connectivity index (χ4v) is 2.52. The van der Waals surface area contributed by atoms with Crippen LogP contribution in [0.5, 0.6) is 0 Å². The first-order chi connectivity index (χ1) is 9.92. The van der Waals surface area contributed by atoms with Crippen LogP contribution in [0.15, 0.2) is 24.3 Å². The van der Waals surface area contributed by atoms with Crippen LogP contribution in [-0.4, -0.2) is 6.54 Å². The summed E-state index contributed by atoms with van der Waals surface area (Å²) in [6.45, 7) is 7.30. The molecule has 1 rings (SSSR count). The molecule has 1 aromatic carbocycles. The number of alkyl halides is 3. The molecule has 0 aliphatic heterocycles. The maximum Gasteiger partial charge on any atom is 0.416 e. The molecule has 1 nitrogen and oxygen atoms in total. The van der Waals surface area contributed by atoms with E-state index in [1.807, 2.05) is 0 Å². The molecule has 0 aliphatic carbocycles. The highest BCUT2D eigenvalue weighted by atomic mass is 19.4. The number of hydrogen-bond donors (Lipinski definition) is 1. The van der Waals surface area contributed by atoms with Crippen LogP contribution in [-0.2, 0) is 6.18 Å². The zero-order valence-electron chi connectivity index (χ0n) is 13.1. The Bertz CT molecular complexity index is 393. The molecule has 1 atom stereocenters. The van der Waals surface area contributed by atoms with E-state index >= 15 is 0 Å². The van der Waals surface area contributed by atoms with Crippen molar-refractivity contribution < 1.29 is 13.2 Å². The zero-order valence-corrected chi connectivity index (χ0v) is 13.1. The lowest BCUT2D eigenvalue weighted by molar-refractivity contribution is -0.137. The Balaban J connectivity index is 2.86. The maximum atomic E-state index is 12.6. The van der Waals surface area contributed by atoms with Gasteiger partial charge in [0.25, 0.3) is 0 Å². The summed E-state index contributed by atoms with van der Waals surface area (Å²) >= 11 is 0. The second-order valence-electron chi connectivity index (χ2n) is 5.54. The molecule has 0 amide bonds. The van der Waals surface area contributed by atoms with Crippen molar-refractivity contribution in [3.05, 3.63) is 35.4 Å². The first-order valence-electron chi connectivity index (χ1n) is 7.82. The van der Waals surface area contributed by atoms with Crippen LogP contribution in [0.2, 0.25) is 0 Å². The monoisotopic (exact) mass is 301 g/mol. The Morgan fingerprint density at radius 3 is 2.00 bits per heavy atom. The van der Waals surface area contributed by atoms with Crippen LogP contribution in [0.25, 0.3) is 0 Å². The Labute approximate surface area is 125 Å². The van der Waals surface area contributed by atoms with E-state index in [0.29, 0.717) is 5.92 Å². The first kappa shape index (κ1) is 18.0. The molecule has 1 aromatic rings. The topological polar surface area (TPSA) is 12.0 Å². The standard InChI is InChI=1S/C17H26F3N/c1-4-11-21-16(12-13(5-2)6-3)14-7-9-15(10-8-14)17(18,19)20/h7-10,13,16,21H,4-6,11-12H2,1-3H3. The first-order valence-corrected chi connectivity index (χ1v) is 7.82. The highest BCUT2D eigenvalue weighted by molar-refractivity contribution is 5.26. The average Bonchev–Trinajstić information content (AvgIpc) is 2.47. The van der Waals surface area contributed by atoms with Gasteiger partial charge in [-0.1, -0.05) is 45.7 Å². The van der Waals surface area contributed by atoms with Gasteiger partial charge in [-0.15, -0.1) is 0 Å². The largest absolute Gasteiger partial charge is 0.416 e. The lowest BCUT2D eigenvalue weighted by Gasteiger charge is -2.24. The summed E-state index contributed by atoms with van der Waals surface area (Å²) in [5.74, 6) is 0.599.